The number of hydrogen-bond acceptors (Lipinski definition) is 4. The van der Waals surface area contributed by atoms with Crippen LogP contribution in [0.5, 0.6) is 11.5 Å². The fourth-order valence-electron chi connectivity index (χ4n) is 6.37. The van der Waals surface area contributed by atoms with Crippen LogP contribution in [0.15, 0.2) is 67.4 Å². The molecule has 0 amide bonds. The number of piperidine rings is 3. The van der Waals surface area contributed by atoms with E-state index >= 15 is 0 Å². The Labute approximate surface area is 205 Å². The quantitative estimate of drug-likeness (QED) is 0.420. The summed E-state index contributed by atoms with van der Waals surface area (Å²) in [4.78, 5) is 4.51. The van der Waals surface area contributed by atoms with E-state index in [0.717, 1.165) is 58.5 Å². The standard InChI is InChI=1S/C27H29N2O3.BrH/c1-2-19-16-29(15-18-7-8-25-26(13-18)32-17-31-25)12-10-20(19)14-24(29)27(30)22-9-11-28-23-6-4-3-5-21(22)23;/h2-9,11,13,19-20,24,27,30H,1,10,12,14-17H2;1H/q+1;/p-1/t19-,20-,24+,27-,29?;/m0./s1. The zero-order chi connectivity index (χ0) is 21.7. The number of para-hydroxylation sites is 1. The second kappa shape index (κ2) is 8.75. The lowest BCUT2D eigenvalue weighted by molar-refractivity contribution is -0.984. The van der Waals surface area contributed by atoms with Crippen LogP contribution >= 0.6 is 0 Å². The largest absolute Gasteiger partial charge is 1.00 e. The average Bonchev–Trinajstić information content (AvgIpc) is 3.31. The summed E-state index contributed by atoms with van der Waals surface area (Å²) in [5.41, 5.74) is 3.16. The summed E-state index contributed by atoms with van der Waals surface area (Å²) in [5, 5.41) is 12.9. The first-order valence-corrected chi connectivity index (χ1v) is 11.6. The molecule has 2 bridgehead atoms. The van der Waals surface area contributed by atoms with Crippen molar-refractivity contribution in [3.05, 3.63) is 78.5 Å². The first-order chi connectivity index (χ1) is 15.7. The van der Waals surface area contributed by atoms with Crippen LogP contribution in [0, 0.1) is 11.8 Å². The van der Waals surface area contributed by atoms with Gasteiger partial charge in [-0.3, -0.25) is 4.98 Å². The van der Waals surface area contributed by atoms with Gasteiger partial charge in [-0.05, 0) is 41.8 Å². The van der Waals surface area contributed by atoms with E-state index in [1.54, 1.807) is 0 Å². The van der Waals surface area contributed by atoms with Gasteiger partial charge in [-0.25, -0.2) is 0 Å². The highest BCUT2D eigenvalue weighted by Crippen LogP contribution is 2.48. The van der Waals surface area contributed by atoms with Crippen LogP contribution in [-0.2, 0) is 6.54 Å². The van der Waals surface area contributed by atoms with E-state index in [2.05, 4.69) is 35.8 Å². The number of aromatic nitrogens is 1. The van der Waals surface area contributed by atoms with E-state index in [1.165, 1.54) is 12.0 Å². The van der Waals surface area contributed by atoms with Crippen molar-refractivity contribution in [1.82, 2.24) is 4.98 Å². The van der Waals surface area contributed by atoms with Gasteiger partial charge in [0.15, 0.2) is 11.5 Å². The van der Waals surface area contributed by atoms with E-state index < -0.39 is 6.10 Å². The first-order valence-electron chi connectivity index (χ1n) is 11.6. The number of rotatable bonds is 5. The Balaban J connectivity index is 0.00000228. The second-order valence-corrected chi connectivity index (χ2v) is 9.58. The number of halogens is 1. The summed E-state index contributed by atoms with van der Waals surface area (Å²) in [6.45, 7) is 7.40. The highest BCUT2D eigenvalue weighted by Gasteiger charge is 2.54. The highest BCUT2D eigenvalue weighted by molar-refractivity contribution is 5.82. The molecule has 1 unspecified atom stereocenters. The molecule has 4 aliphatic heterocycles. The molecule has 1 N–H and O–H groups in total. The molecule has 33 heavy (non-hydrogen) atoms. The Morgan fingerprint density at radius 3 is 2.88 bits per heavy atom. The molecule has 0 radical (unpaired) electrons. The molecule has 3 aromatic rings. The minimum Gasteiger partial charge on any atom is -1.00 e. The molecule has 0 aliphatic carbocycles. The Morgan fingerprint density at radius 1 is 1.15 bits per heavy atom. The monoisotopic (exact) mass is 508 g/mol. The van der Waals surface area contributed by atoms with Gasteiger partial charge in [0.25, 0.3) is 0 Å². The van der Waals surface area contributed by atoms with E-state index in [4.69, 9.17) is 9.47 Å². The van der Waals surface area contributed by atoms with E-state index in [9.17, 15) is 5.11 Å². The molecule has 172 valence electrons. The lowest BCUT2D eigenvalue weighted by atomic mass is 9.71. The average molecular weight is 509 g/mol. The molecule has 0 spiro atoms. The van der Waals surface area contributed by atoms with Crippen LogP contribution in [-0.4, -0.2) is 40.5 Å². The number of fused-ring (bicyclic) bond motifs is 5. The molecule has 5 atom stereocenters. The number of aliphatic hydroxyl groups excluding tert-OH is 1. The van der Waals surface area contributed by atoms with Gasteiger partial charge in [0, 0.05) is 35.9 Å². The number of quaternary nitrogens is 1. The van der Waals surface area contributed by atoms with Crippen molar-refractivity contribution in [3.8, 4) is 11.5 Å². The number of nitrogens with zero attached hydrogens (tertiary/aromatic N) is 2. The van der Waals surface area contributed by atoms with Gasteiger partial charge >= 0.3 is 0 Å². The van der Waals surface area contributed by atoms with Crippen molar-refractivity contribution >= 4 is 10.9 Å². The van der Waals surface area contributed by atoms with Crippen LogP contribution in [0.4, 0.5) is 0 Å². The molecule has 7 rings (SSSR count). The van der Waals surface area contributed by atoms with Gasteiger partial charge in [0.1, 0.15) is 18.7 Å². The number of ether oxygens (including phenoxy) is 2. The van der Waals surface area contributed by atoms with Crippen molar-refractivity contribution in [3.63, 3.8) is 0 Å². The number of hydrogen-bond donors (Lipinski definition) is 1. The highest BCUT2D eigenvalue weighted by atomic mass is 79.9. The van der Waals surface area contributed by atoms with Crippen molar-refractivity contribution in [2.75, 3.05) is 19.9 Å². The summed E-state index contributed by atoms with van der Waals surface area (Å²) in [6.07, 6.45) is 5.62. The Kier molecular flexibility index (Phi) is 5.93. The van der Waals surface area contributed by atoms with Crippen LogP contribution in [0.2, 0.25) is 0 Å². The van der Waals surface area contributed by atoms with Crippen LogP contribution in [0.3, 0.4) is 0 Å². The normalized spacial score (nSPS) is 28.3. The summed E-state index contributed by atoms with van der Waals surface area (Å²) in [6, 6.07) is 16.5. The summed E-state index contributed by atoms with van der Waals surface area (Å²) in [5.74, 6) is 2.73. The van der Waals surface area contributed by atoms with Crippen LogP contribution in [0.1, 0.15) is 30.1 Å². The number of pyridine rings is 1. The molecule has 1 aromatic heterocycles. The first kappa shape index (κ1) is 22.4. The van der Waals surface area contributed by atoms with Crippen molar-refractivity contribution < 1.29 is 36.0 Å². The molecule has 3 fully saturated rings. The second-order valence-electron chi connectivity index (χ2n) is 9.58. The maximum atomic E-state index is 11.8. The molecule has 6 heteroatoms. The molecule has 4 aliphatic rings. The Hall–Kier alpha value is -2.41. The van der Waals surface area contributed by atoms with Gasteiger partial charge in [-0.15, -0.1) is 6.58 Å². The number of aliphatic hydroxyl groups is 1. The van der Waals surface area contributed by atoms with Crippen LogP contribution in [0.25, 0.3) is 10.9 Å². The van der Waals surface area contributed by atoms with Gasteiger partial charge in [0.05, 0.1) is 18.6 Å². The zero-order valence-corrected chi connectivity index (χ0v) is 20.2. The van der Waals surface area contributed by atoms with Crippen LogP contribution < -0.4 is 26.5 Å². The molecule has 5 heterocycles. The van der Waals surface area contributed by atoms with E-state index in [1.807, 2.05) is 36.5 Å². The summed E-state index contributed by atoms with van der Waals surface area (Å²) in [7, 11) is 0. The molecule has 5 nitrogen and oxygen atoms in total. The third-order valence-electron chi connectivity index (χ3n) is 7.98. The predicted octanol–water partition coefficient (Wildman–Crippen LogP) is 1.61. The van der Waals surface area contributed by atoms with Gasteiger partial charge in [-0.1, -0.05) is 24.3 Å². The van der Waals surface area contributed by atoms with Gasteiger partial charge < -0.3 is 36.0 Å². The Bertz CT molecular complexity index is 1180. The van der Waals surface area contributed by atoms with Crippen molar-refractivity contribution in [2.24, 2.45) is 11.8 Å². The Morgan fingerprint density at radius 2 is 2.00 bits per heavy atom. The zero-order valence-electron chi connectivity index (χ0n) is 18.6. The van der Waals surface area contributed by atoms with E-state index in [-0.39, 0.29) is 29.8 Å². The van der Waals surface area contributed by atoms with Gasteiger partial charge in [-0.2, -0.15) is 0 Å². The number of benzene rings is 2. The minimum absolute atomic E-state index is 0. The lowest BCUT2D eigenvalue weighted by Gasteiger charge is -2.58. The third-order valence-corrected chi connectivity index (χ3v) is 7.98. The molecule has 0 saturated carbocycles. The third kappa shape index (κ3) is 3.74. The maximum Gasteiger partial charge on any atom is 0.231 e. The SMILES string of the molecule is C=C[C@H]1C[N+]2(Cc3ccc4c(c3)OCO4)CC[C@H]1C[C@@H]2[C@@H](O)c1ccnc2ccccc12.[Br-]. The summed E-state index contributed by atoms with van der Waals surface area (Å²) >= 11 is 0. The van der Waals surface area contributed by atoms with E-state index in [0.29, 0.717) is 11.8 Å². The fraction of sp³-hybridized carbons (Fsp3) is 0.370. The topological polar surface area (TPSA) is 51.6 Å². The summed E-state index contributed by atoms with van der Waals surface area (Å²) < 4.78 is 12.0. The molecule has 3 saturated heterocycles. The minimum atomic E-state index is -0.537. The lowest BCUT2D eigenvalue weighted by Crippen LogP contribution is -3.00. The fourth-order valence-corrected chi connectivity index (χ4v) is 6.37. The maximum absolute atomic E-state index is 11.8. The predicted molar refractivity (Wildman–Crippen MR) is 123 cm³/mol. The molecular weight excluding hydrogens is 480 g/mol. The molecular formula is C27H29BrN2O3. The smallest absolute Gasteiger partial charge is 0.231 e. The molecule has 2 aromatic carbocycles. The van der Waals surface area contributed by atoms with Crippen molar-refractivity contribution in [2.45, 2.75) is 31.5 Å². The van der Waals surface area contributed by atoms with Gasteiger partial charge in [0.2, 0.25) is 6.79 Å². The van der Waals surface area contributed by atoms with Crippen molar-refractivity contribution in [1.29, 1.82) is 0 Å².